The smallest absolute Gasteiger partial charge is 0.319 e. The molecule has 0 spiro atoms. The van der Waals surface area contributed by atoms with Crippen molar-refractivity contribution in [2.45, 2.75) is 90.0 Å². The van der Waals surface area contributed by atoms with E-state index in [9.17, 15) is 4.79 Å². The SMILES string of the molecule is CC(C)c1cccc(C(C)C)c1NC(=O)NCC1(n2cc(N3CCCCC3)c3cccnc32)CCCC1. The number of fused-ring (bicyclic) bond motifs is 1. The maximum Gasteiger partial charge on any atom is 0.319 e. The van der Waals surface area contributed by atoms with Crippen LogP contribution in [0.1, 0.15) is 95.6 Å². The van der Waals surface area contributed by atoms with Gasteiger partial charge < -0.3 is 20.1 Å². The maximum atomic E-state index is 13.4. The molecule has 0 bridgehead atoms. The number of pyridine rings is 1. The zero-order valence-electron chi connectivity index (χ0n) is 23.0. The second-order valence-electron chi connectivity index (χ2n) is 11.7. The number of aromatic nitrogens is 2. The fourth-order valence-corrected chi connectivity index (χ4v) is 6.42. The van der Waals surface area contributed by atoms with Crippen molar-refractivity contribution < 1.29 is 4.79 Å². The molecule has 37 heavy (non-hydrogen) atoms. The number of hydrogen-bond donors (Lipinski definition) is 2. The summed E-state index contributed by atoms with van der Waals surface area (Å²) >= 11 is 0. The molecule has 3 heterocycles. The van der Waals surface area contributed by atoms with Crippen molar-refractivity contribution in [2.24, 2.45) is 0 Å². The minimum absolute atomic E-state index is 0.123. The number of para-hydroxylation sites is 1. The first-order valence-electron chi connectivity index (χ1n) is 14.3. The van der Waals surface area contributed by atoms with E-state index in [0.717, 1.165) is 37.3 Å². The number of carbonyl (C=O) groups is 1. The largest absolute Gasteiger partial charge is 0.370 e. The van der Waals surface area contributed by atoms with Crippen LogP contribution in [0.15, 0.2) is 42.7 Å². The standard InChI is InChI=1S/C31H43N5O/c1-22(2)24-12-10-13-25(23(3)4)28(24)34-30(37)33-21-31(15-6-7-16-31)36-20-27(35-18-8-5-9-19-35)26-14-11-17-32-29(26)36/h10-14,17,20,22-23H,5-9,15-16,18-19,21H2,1-4H3,(H2,33,34,37). The van der Waals surface area contributed by atoms with Crippen LogP contribution in [0.4, 0.5) is 16.2 Å². The summed E-state index contributed by atoms with van der Waals surface area (Å²) in [6.07, 6.45) is 12.5. The molecule has 0 atom stereocenters. The Kier molecular flexibility index (Phi) is 7.45. The normalized spacial score (nSPS) is 17.6. The van der Waals surface area contributed by atoms with Gasteiger partial charge in [-0.1, -0.05) is 58.7 Å². The summed E-state index contributed by atoms with van der Waals surface area (Å²) in [5.74, 6) is 0.668. The Hall–Kier alpha value is -3.02. The molecule has 1 aromatic carbocycles. The molecule has 2 aromatic heterocycles. The van der Waals surface area contributed by atoms with Crippen molar-refractivity contribution in [2.75, 3.05) is 29.9 Å². The first-order valence-corrected chi connectivity index (χ1v) is 14.3. The minimum atomic E-state index is -0.156. The predicted octanol–water partition coefficient (Wildman–Crippen LogP) is 7.36. The molecular formula is C31H43N5O. The van der Waals surface area contributed by atoms with Gasteiger partial charge in [0, 0.05) is 43.1 Å². The third kappa shape index (κ3) is 5.07. The zero-order valence-corrected chi connectivity index (χ0v) is 23.0. The Morgan fingerprint density at radius 1 is 0.946 bits per heavy atom. The van der Waals surface area contributed by atoms with Crippen molar-refractivity contribution in [3.8, 4) is 0 Å². The molecule has 1 saturated carbocycles. The zero-order chi connectivity index (χ0) is 26.0. The highest BCUT2D eigenvalue weighted by molar-refractivity contribution is 5.92. The summed E-state index contributed by atoms with van der Waals surface area (Å²) in [5, 5.41) is 7.76. The van der Waals surface area contributed by atoms with Crippen LogP contribution in [0.5, 0.6) is 0 Å². The molecule has 5 rings (SSSR count). The number of nitrogens with zero attached hydrogens (tertiary/aromatic N) is 3. The fraction of sp³-hybridized carbons (Fsp3) is 0.548. The first kappa shape index (κ1) is 25.6. The number of urea groups is 1. The predicted molar refractivity (Wildman–Crippen MR) is 154 cm³/mol. The Morgan fingerprint density at radius 3 is 2.27 bits per heavy atom. The molecule has 0 radical (unpaired) electrons. The van der Waals surface area contributed by atoms with E-state index in [1.807, 2.05) is 12.3 Å². The number of rotatable bonds is 7. The summed E-state index contributed by atoms with van der Waals surface area (Å²) < 4.78 is 2.40. The first-order chi connectivity index (χ1) is 17.9. The van der Waals surface area contributed by atoms with Crippen LogP contribution in [-0.2, 0) is 5.54 Å². The molecule has 2 amide bonds. The fourth-order valence-electron chi connectivity index (χ4n) is 6.42. The molecule has 2 N–H and O–H groups in total. The molecule has 6 nitrogen and oxygen atoms in total. The van der Waals surface area contributed by atoms with Gasteiger partial charge in [0.15, 0.2) is 0 Å². The third-order valence-corrected chi connectivity index (χ3v) is 8.47. The Balaban J connectivity index is 1.42. The molecule has 1 aliphatic carbocycles. The lowest BCUT2D eigenvalue weighted by Gasteiger charge is -2.32. The lowest BCUT2D eigenvalue weighted by molar-refractivity contribution is 0.239. The summed E-state index contributed by atoms with van der Waals surface area (Å²) in [6.45, 7) is 11.5. The number of piperidine rings is 1. The van der Waals surface area contributed by atoms with E-state index in [-0.39, 0.29) is 11.6 Å². The van der Waals surface area contributed by atoms with Crippen LogP contribution in [0.2, 0.25) is 0 Å². The van der Waals surface area contributed by atoms with Gasteiger partial charge in [-0.05, 0) is 67.2 Å². The van der Waals surface area contributed by atoms with E-state index in [4.69, 9.17) is 4.98 Å². The van der Waals surface area contributed by atoms with E-state index in [1.54, 1.807) is 0 Å². The van der Waals surface area contributed by atoms with Crippen LogP contribution in [0.3, 0.4) is 0 Å². The molecular weight excluding hydrogens is 458 g/mol. The van der Waals surface area contributed by atoms with Crippen molar-refractivity contribution in [1.82, 2.24) is 14.9 Å². The van der Waals surface area contributed by atoms with Crippen molar-refractivity contribution >= 4 is 28.4 Å². The van der Waals surface area contributed by atoms with E-state index < -0.39 is 0 Å². The van der Waals surface area contributed by atoms with Gasteiger partial charge in [0.2, 0.25) is 0 Å². The van der Waals surface area contributed by atoms with Crippen LogP contribution in [-0.4, -0.2) is 35.2 Å². The Morgan fingerprint density at radius 2 is 1.62 bits per heavy atom. The van der Waals surface area contributed by atoms with Crippen molar-refractivity contribution in [3.63, 3.8) is 0 Å². The molecule has 2 fully saturated rings. The average molecular weight is 502 g/mol. The topological polar surface area (TPSA) is 62.2 Å². The average Bonchev–Trinajstić information content (AvgIpc) is 3.54. The summed E-state index contributed by atoms with van der Waals surface area (Å²) in [7, 11) is 0. The van der Waals surface area contributed by atoms with Crippen LogP contribution in [0, 0.1) is 0 Å². The molecule has 198 valence electrons. The Labute approximate surface area is 221 Å². The lowest BCUT2D eigenvalue weighted by atomic mass is 9.92. The van der Waals surface area contributed by atoms with Gasteiger partial charge in [0.25, 0.3) is 0 Å². The minimum Gasteiger partial charge on any atom is -0.370 e. The molecule has 3 aromatic rings. The number of amides is 2. The van der Waals surface area contributed by atoms with E-state index in [2.05, 4.69) is 78.3 Å². The molecule has 0 unspecified atom stereocenters. The number of hydrogen-bond acceptors (Lipinski definition) is 3. The molecule has 1 aliphatic heterocycles. The van der Waals surface area contributed by atoms with Gasteiger partial charge in [-0.2, -0.15) is 0 Å². The number of carbonyl (C=O) groups excluding carboxylic acids is 1. The monoisotopic (exact) mass is 501 g/mol. The van der Waals surface area contributed by atoms with E-state index in [0.29, 0.717) is 18.4 Å². The van der Waals surface area contributed by atoms with Crippen molar-refractivity contribution in [1.29, 1.82) is 0 Å². The Bertz CT molecular complexity index is 1210. The van der Waals surface area contributed by atoms with Crippen molar-refractivity contribution in [3.05, 3.63) is 53.9 Å². The second kappa shape index (κ2) is 10.8. The number of nitrogens with one attached hydrogen (secondary N) is 2. The molecule has 2 aliphatic rings. The van der Waals surface area contributed by atoms with Crippen LogP contribution in [0.25, 0.3) is 11.0 Å². The van der Waals surface area contributed by atoms with E-state index in [1.165, 1.54) is 54.3 Å². The van der Waals surface area contributed by atoms with E-state index >= 15 is 0 Å². The summed E-state index contributed by atoms with van der Waals surface area (Å²) in [4.78, 5) is 20.7. The summed E-state index contributed by atoms with van der Waals surface area (Å²) in [6, 6.07) is 10.5. The number of anilines is 2. The van der Waals surface area contributed by atoms with Gasteiger partial charge in [-0.3, -0.25) is 0 Å². The summed E-state index contributed by atoms with van der Waals surface area (Å²) in [5.41, 5.74) is 5.51. The highest BCUT2D eigenvalue weighted by atomic mass is 16.2. The third-order valence-electron chi connectivity index (χ3n) is 8.47. The highest BCUT2D eigenvalue weighted by Crippen LogP contribution is 2.41. The molecule has 1 saturated heterocycles. The maximum absolute atomic E-state index is 13.4. The van der Waals surface area contributed by atoms with Gasteiger partial charge >= 0.3 is 6.03 Å². The second-order valence-corrected chi connectivity index (χ2v) is 11.7. The lowest BCUT2D eigenvalue weighted by Crippen LogP contribution is -2.44. The quantitative estimate of drug-likeness (QED) is 0.355. The van der Waals surface area contributed by atoms with Crippen LogP contribution >= 0.6 is 0 Å². The van der Waals surface area contributed by atoms with Crippen LogP contribution < -0.4 is 15.5 Å². The molecule has 6 heteroatoms. The van der Waals surface area contributed by atoms with Gasteiger partial charge in [-0.25, -0.2) is 9.78 Å². The van der Waals surface area contributed by atoms with Gasteiger partial charge in [0.1, 0.15) is 5.65 Å². The van der Waals surface area contributed by atoms with Gasteiger partial charge in [0.05, 0.1) is 11.2 Å². The number of benzene rings is 1. The highest BCUT2D eigenvalue weighted by Gasteiger charge is 2.38. The van der Waals surface area contributed by atoms with Gasteiger partial charge in [-0.15, -0.1) is 0 Å².